The van der Waals surface area contributed by atoms with Gasteiger partial charge in [-0.15, -0.1) is 12.4 Å². The van der Waals surface area contributed by atoms with Crippen molar-refractivity contribution >= 4 is 12.4 Å². The second-order valence-electron chi connectivity index (χ2n) is 5.18. The van der Waals surface area contributed by atoms with Gasteiger partial charge in [-0.1, -0.05) is 0 Å². The molecule has 2 rings (SSSR count). The van der Waals surface area contributed by atoms with E-state index in [1.54, 1.807) is 0 Å². The van der Waals surface area contributed by atoms with Gasteiger partial charge in [0.25, 0.3) is 0 Å². The van der Waals surface area contributed by atoms with Crippen molar-refractivity contribution in [3.63, 3.8) is 0 Å². The average molecular weight is 249 g/mol. The molecular weight excluding hydrogens is 224 g/mol. The summed E-state index contributed by atoms with van der Waals surface area (Å²) in [6.45, 7) is 7.43. The molecule has 2 saturated heterocycles. The van der Waals surface area contributed by atoms with Crippen LogP contribution < -0.4 is 5.32 Å². The summed E-state index contributed by atoms with van der Waals surface area (Å²) in [6, 6.07) is 0.580. The predicted octanol–water partition coefficient (Wildman–Crippen LogP) is 1.11. The van der Waals surface area contributed by atoms with Crippen LogP contribution in [0.2, 0.25) is 0 Å². The van der Waals surface area contributed by atoms with Crippen LogP contribution >= 0.6 is 12.4 Å². The molecule has 0 aromatic heterocycles. The molecule has 0 aromatic carbocycles. The van der Waals surface area contributed by atoms with Crippen molar-refractivity contribution in [3.8, 4) is 0 Å². The fourth-order valence-corrected chi connectivity index (χ4v) is 2.99. The molecule has 0 aromatic rings. The van der Waals surface area contributed by atoms with E-state index in [1.807, 2.05) is 0 Å². The van der Waals surface area contributed by atoms with Crippen LogP contribution in [-0.2, 0) is 0 Å². The van der Waals surface area contributed by atoms with Crippen LogP contribution in [0.5, 0.6) is 0 Å². The van der Waals surface area contributed by atoms with Crippen molar-refractivity contribution in [1.29, 1.82) is 0 Å². The van der Waals surface area contributed by atoms with E-state index in [4.69, 9.17) is 0 Å². The highest BCUT2D eigenvalue weighted by molar-refractivity contribution is 5.85. The molecule has 2 aliphatic heterocycles. The molecule has 2 heterocycles. The molecule has 3 nitrogen and oxygen atoms in total. The Hall–Kier alpha value is 0.170. The maximum atomic E-state index is 9.22. The Morgan fingerprint density at radius 3 is 2.75 bits per heavy atom. The van der Waals surface area contributed by atoms with Crippen LogP contribution in [0.4, 0.5) is 0 Å². The minimum absolute atomic E-state index is 0. The summed E-state index contributed by atoms with van der Waals surface area (Å²) in [4.78, 5) is 2.57. The van der Waals surface area contributed by atoms with Crippen LogP contribution in [0.15, 0.2) is 0 Å². The van der Waals surface area contributed by atoms with Crippen molar-refractivity contribution in [2.45, 2.75) is 32.2 Å². The SMILES string of the molecule is CC1C(CO)CCN1CC1CCCNC1.Cl. The number of hydrogen-bond acceptors (Lipinski definition) is 3. The first-order chi connectivity index (χ1) is 7.31. The number of halogens is 1. The van der Waals surface area contributed by atoms with Crippen LogP contribution in [-0.4, -0.2) is 48.8 Å². The summed E-state index contributed by atoms with van der Waals surface area (Å²) < 4.78 is 0. The topological polar surface area (TPSA) is 35.5 Å². The molecule has 4 heteroatoms. The minimum Gasteiger partial charge on any atom is -0.396 e. The Bertz CT molecular complexity index is 197. The van der Waals surface area contributed by atoms with Crippen molar-refractivity contribution in [3.05, 3.63) is 0 Å². The van der Waals surface area contributed by atoms with Gasteiger partial charge >= 0.3 is 0 Å². The van der Waals surface area contributed by atoms with E-state index >= 15 is 0 Å². The van der Waals surface area contributed by atoms with E-state index in [1.165, 1.54) is 45.4 Å². The Morgan fingerprint density at radius 1 is 1.38 bits per heavy atom. The molecule has 0 radical (unpaired) electrons. The Kier molecular flexibility index (Phi) is 6.05. The maximum absolute atomic E-state index is 9.22. The Labute approximate surface area is 105 Å². The highest BCUT2D eigenvalue weighted by Gasteiger charge is 2.31. The van der Waals surface area contributed by atoms with E-state index in [9.17, 15) is 5.11 Å². The number of nitrogens with one attached hydrogen (secondary N) is 1. The quantitative estimate of drug-likeness (QED) is 0.786. The molecule has 16 heavy (non-hydrogen) atoms. The largest absolute Gasteiger partial charge is 0.396 e. The predicted molar refractivity (Wildman–Crippen MR) is 69.1 cm³/mol. The van der Waals surface area contributed by atoms with Crippen LogP contribution in [0, 0.1) is 11.8 Å². The fourth-order valence-electron chi connectivity index (χ4n) is 2.99. The van der Waals surface area contributed by atoms with Gasteiger partial charge in [-0.3, -0.25) is 4.90 Å². The number of aliphatic hydroxyl groups is 1. The lowest BCUT2D eigenvalue weighted by Crippen LogP contribution is -2.40. The van der Waals surface area contributed by atoms with Gasteiger partial charge in [-0.05, 0) is 57.7 Å². The van der Waals surface area contributed by atoms with E-state index in [0.717, 1.165) is 5.92 Å². The zero-order valence-corrected chi connectivity index (χ0v) is 11.0. The van der Waals surface area contributed by atoms with Gasteiger partial charge in [-0.25, -0.2) is 0 Å². The van der Waals surface area contributed by atoms with Crippen LogP contribution in [0.3, 0.4) is 0 Å². The molecule has 0 aliphatic carbocycles. The third-order valence-electron chi connectivity index (χ3n) is 4.17. The normalized spacial score (nSPS) is 36.0. The van der Waals surface area contributed by atoms with Gasteiger partial charge in [0, 0.05) is 19.2 Å². The molecule has 0 saturated carbocycles. The van der Waals surface area contributed by atoms with E-state index in [0.29, 0.717) is 18.6 Å². The maximum Gasteiger partial charge on any atom is 0.0474 e. The molecule has 96 valence electrons. The number of aliphatic hydroxyl groups excluding tert-OH is 1. The average Bonchev–Trinajstić information content (AvgIpc) is 2.62. The Morgan fingerprint density at radius 2 is 2.19 bits per heavy atom. The number of hydrogen-bond donors (Lipinski definition) is 2. The van der Waals surface area contributed by atoms with Crippen LogP contribution in [0.25, 0.3) is 0 Å². The van der Waals surface area contributed by atoms with Crippen molar-refractivity contribution in [2.24, 2.45) is 11.8 Å². The molecular formula is C12H25ClN2O. The molecule has 3 unspecified atom stereocenters. The molecule has 0 spiro atoms. The van der Waals surface area contributed by atoms with E-state index in [2.05, 4.69) is 17.1 Å². The second-order valence-corrected chi connectivity index (χ2v) is 5.18. The summed E-state index contributed by atoms with van der Waals surface area (Å²) in [6.07, 6.45) is 3.88. The highest BCUT2D eigenvalue weighted by atomic mass is 35.5. The summed E-state index contributed by atoms with van der Waals surface area (Å²) in [5, 5.41) is 12.7. The van der Waals surface area contributed by atoms with Gasteiger partial charge in [0.2, 0.25) is 0 Å². The van der Waals surface area contributed by atoms with Crippen molar-refractivity contribution < 1.29 is 5.11 Å². The number of likely N-dealkylation sites (tertiary alicyclic amines) is 1. The monoisotopic (exact) mass is 248 g/mol. The summed E-state index contributed by atoms with van der Waals surface area (Å²) in [7, 11) is 0. The van der Waals surface area contributed by atoms with Gasteiger partial charge in [0.05, 0.1) is 0 Å². The zero-order valence-electron chi connectivity index (χ0n) is 10.2. The highest BCUT2D eigenvalue weighted by Crippen LogP contribution is 2.25. The standard InChI is InChI=1S/C12H24N2O.ClH/c1-10-12(9-15)4-6-14(10)8-11-3-2-5-13-7-11;/h10-13,15H,2-9H2,1H3;1H. The minimum atomic E-state index is 0. The zero-order chi connectivity index (χ0) is 10.7. The number of piperidine rings is 1. The van der Waals surface area contributed by atoms with Gasteiger partial charge in [0.15, 0.2) is 0 Å². The second kappa shape index (κ2) is 6.80. The molecule has 0 bridgehead atoms. The first-order valence-electron chi connectivity index (χ1n) is 6.37. The number of nitrogens with zero attached hydrogens (tertiary/aromatic N) is 1. The van der Waals surface area contributed by atoms with E-state index in [-0.39, 0.29) is 12.4 Å². The lowest BCUT2D eigenvalue weighted by Gasteiger charge is -2.30. The fraction of sp³-hybridized carbons (Fsp3) is 1.00. The summed E-state index contributed by atoms with van der Waals surface area (Å²) >= 11 is 0. The molecule has 3 atom stereocenters. The Balaban J connectivity index is 0.00000128. The van der Waals surface area contributed by atoms with Crippen LogP contribution in [0.1, 0.15) is 26.2 Å². The molecule has 2 aliphatic rings. The van der Waals surface area contributed by atoms with E-state index < -0.39 is 0 Å². The smallest absolute Gasteiger partial charge is 0.0474 e. The van der Waals surface area contributed by atoms with Gasteiger partial charge < -0.3 is 10.4 Å². The molecule has 0 amide bonds. The summed E-state index contributed by atoms with van der Waals surface area (Å²) in [5.41, 5.74) is 0. The van der Waals surface area contributed by atoms with Crippen molar-refractivity contribution in [2.75, 3.05) is 32.8 Å². The first kappa shape index (κ1) is 14.2. The third kappa shape index (κ3) is 3.33. The van der Waals surface area contributed by atoms with Crippen molar-refractivity contribution in [1.82, 2.24) is 10.2 Å². The molecule has 2 fully saturated rings. The third-order valence-corrected chi connectivity index (χ3v) is 4.17. The number of rotatable bonds is 3. The summed E-state index contributed by atoms with van der Waals surface area (Å²) in [5.74, 6) is 1.35. The van der Waals surface area contributed by atoms with Gasteiger partial charge in [-0.2, -0.15) is 0 Å². The molecule has 2 N–H and O–H groups in total. The lowest BCUT2D eigenvalue weighted by molar-refractivity contribution is 0.155. The first-order valence-corrected chi connectivity index (χ1v) is 6.37. The lowest BCUT2D eigenvalue weighted by atomic mass is 9.98. The van der Waals surface area contributed by atoms with Gasteiger partial charge in [0.1, 0.15) is 0 Å².